The Bertz CT molecular complexity index is 450. The molecule has 0 aromatic carbocycles. The van der Waals surface area contributed by atoms with E-state index in [9.17, 15) is 0 Å². The second kappa shape index (κ2) is 6.27. The first-order chi connectivity index (χ1) is 8.99. The zero-order valence-electron chi connectivity index (χ0n) is 13.7. The lowest BCUT2D eigenvalue weighted by Gasteiger charge is -2.29. The van der Waals surface area contributed by atoms with Crippen molar-refractivity contribution < 1.29 is 0 Å². The Hall–Kier alpha value is -0.870. The van der Waals surface area contributed by atoms with Crippen LogP contribution < -0.4 is 5.32 Å². The first-order valence-electron chi connectivity index (χ1n) is 6.93. The zero-order chi connectivity index (χ0) is 15.6. The summed E-state index contributed by atoms with van der Waals surface area (Å²) in [6, 6.07) is 1.78. The number of aromatic nitrogens is 2. The maximum atomic E-state index is 6.09. The first kappa shape index (κ1) is 17.2. The van der Waals surface area contributed by atoms with Crippen molar-refractivity contribution in [2.75, 3.05) is 32.5 Å². The van der Waals surface area contributed by atoms with Gasteiger partial charge in [0.2, 0.25) is 0 Å². The minimum absolute atomic E-state index is 0.111. The van der Waals surface area contributed by atoms with Crippen molar-refractivity contribution in [3.05, 3.63) is 17.0 Å². The van der Waals surface area contributed by atoms with Gasteiger partial charge in [-0.3, -0.25) is 0 Å². The fourth-order valence-electron chi connectivity index (χ4n) is 2.09. The van der Waals surface area contributed by atoms with Gasteiger partial charge in [-0.1, -0.05) is 46.2 Å². The van der Waals surface area contributed by atoms with Gasteiger partial charge in [-0.05, 0) is 19.5 Å². The van der Waals surface area contributed by atoms with Crippen LogP contribution in [0.25, 0.3) is 0 Å². The number of hydrogen-bond acceptors (Lipinski definition) is 4. The van der Waals surface area contributed by atoms with E-state index in [0.29, 0.717) is 5.15 Å². The smallest absolute Gasteiger partial charge is 0.137 e. The van der Waals surface area contributed by atoms with Gasteiger partial charge in [0, 0.05) is 24.6 Å². The molecule has 0 radical (unpaired) electrons. The predicted octanol–water partition coefficient (Wildman–Crippen LogP) is 3.43. The van der Waals surface area contributed by atoms with Gasteiger partial charge in [-0.15, -0.1) is 0 Å². The van der Waals surface area contributed by atoms with Gasteiger partial charge in [0.15, 0.2) is 0 Å². The monoisotopic (exact) mass is 298 g/mol. The van der Waals surface area contributed by atoms with E-state index in [2.05, 4.69) is 68.9 Å². The lowest BCUT2D eigenvalue weighted by atomic mass is 9.93. The third-order valence-electron chi connectivity index (χ3n) is 2.86. The minimum atomic E-state index is -0.111. The summed E-state index contributed by atoms with van der Waals surface area (Å²) in [6.07, 6.45) is 0. The van der Waals surface area contributed by atoms with Crippen LogP contribution >= 0.6 is 11.6 Å². The van der Waals surface area contributed by atoms with Crippen LogP contribution in [0.2, 0.25) is 5.15 Å². The molecule has 0 saturated heterocycles. The second-order valence-corrected chi connectivity index (χ2v) is 7.79. The van der Waals surface area contributed by atoms with E-state index in [1.54, 1.807) is 6.07 Å². The molecule has 1 heterocycles. The Labute approximate surface area is 127 Å². The van der Waals surface area contributed by atoms with Crippen LogP contribution in [0, 0.1) is 5.41 Å². The predicted molar refractivity (Wildman–Crippen MR) is 86.6 cm³/mol. The molecule has 1 aromatic rings. The highest BCUT2D eigenvalue weighted by Gasteiger charge is 2.21. The molecular formula is C15H27ClN4. The third kappa shape index (κ3) is 5.63. The van der Waals surface area contributed by atoms with Gasteiger partial charge in [-0.25, -0.2) is 9.97 Å². The largest absolute Gasteiger partial charge is 0.369 e. The Kier molecular flexibility index (Phi) is 5.39. The molecule has 0 amide bonds. The number of hydrogen-bond donors (Lipinski definition) is 1. The summed E-state index contributed by atoms with van der Waals surface area (Å²) in [6.45, 7) is 12.5. The summed E-state index contributed by atoms with van der Waals surface area (Å²) >= 11 is 6.09. The molecule has 0 aliphatic carbocycles. The normalized spacial score (nSPS) is 12.8. The maximum absolute atomic E-state index is 6.09. The van der Waals surface area contributed by atoms with Gasteiger partial charge in [0.25, 0.3) is 0 Å². The summed E-state index contributed by atoms with van der Waals surface area (Å²) in [5.41, 5.74) is 0.0449. The molecule has 0 atom stereocenters. The number of anilines is 1. The standard InChI is InChI=1S/C15H27ClN4/c1-14(2,3)13-18-11(16)8-12(19-13)17-9-15(4,5)10-20(6)7/h8H,9-10H2,1-7H3,(H,17,18,19). The van der Waals surface area contributed by atoms with Crippen molar-refractivity contribution in [1.82, 2.24) is 14.9 Å². The van der Waals surface area contributed by atoms with Gasteiger partial charge >= 0.3 is 0 Å². The third-order valence-corrected chi connectivity index (χ3v) is 3.05. The Morgan fingerprint density at radius 2 is 1.75 bits per heavy atom. The first-order valence-corrected chi connectivity index (χ1v) is 7.31. The average Bonchev–Trinajstić information content (AvgIpc) is 2.23. The lowest BCUT2D eigenvalue weighted by Crippen LogP contribution is -2.34. The van der Waals surface area contributed by atoms with Crippen LogP contribution in [-0.4, -0.2) is 42.1 Å². The van der Waals surface area contributed by atoms with Crippen LogP contribution in [0.15, 0.2) is 6.07 Å². The molecule has 1 N–H and O–H groups in total. The molecule has 0 unspecified atom stereocenters. The van der Waals surface area contributed by atoms with Crippen LogP contribution in [0.3, 0.4) is 0 Å². The van der Waals surface area contributed by atoms with Gasteiger partial charge in [0.1, 0.15) is 16.8 Å². The molecule has 0 spiro atoms. The number of nitrogens with zero attached hydrogens (tertiary/aromatic N) is 3. The van der Waals surface area contributed by atoms with Gasteiger partial charge in [0.05, 0.1) is 0 Å². The molecule has 20 heavy (non-hydrogen) atoms. The van der Waals surface area contributed by atoms with E-state index in [1.807, 2.05) is 0 Å². The number of rotatable bonds is 5. The van der Waals surface area contributed by atoms with Crippen molar-refractivity contribution in [3.63, 3.8) is 0 Å². The van der Waals surface area contributed by atoms with Crippen molar-refractivity contribution in [3.8, 4) is 0 Å². The molecule has 0 aliphatic heterocycles. The van der Waals surface area contributed by atoms with E-state index in [4.69, 9.17) is 11.6 Å². The molecule has 0 saturated carbocycles. The molecule has 0 fully saturated rings. The second-order valence-electron chi connectivity index (χ2n) is 7.41. The Morgan fingerprint density at radius 1 is 1.15 bits per heavy atom. The Balaban J connectivity index is 2.81. The van der Waals surface area contributed by atoms with Crippen molar-refractivity contribution in [2.45, 2.75) is 40.0 Å². The van der Waals surface area contributed by atoms with Crippen molar-refractivity contribution >= 4 is 17.4 Å². The minimum Gasteiger partial charge on any atom is -0.369 e. The van der Waals surface area contributed by atoms with Crippen molar-refractivity contribution in [2.24, 2.45) is 5.41 Å². The van der Waals surface area contributed by atoms with E-state index >= 15 is 0 Å². The van der Waals surface area contributed by atoms with Crippen LogP contribution in [0.1, 0.15) is 40.4 Å². The molecule has 0 bridgehead atoms. The van der Waals surface area contributed by atoms with E-state index in [0.717, 1.165) is 24.7 Å². The number of nitrogens with one attached hydrogen (secondary N) is 1. The van der Waals surface area contributed by atoms with Crippen LogP contribution in [0.5, 0.6) is 0 Å². The Morgan fingerprint density at radius 3 is 2.25 bits per heavy atom. The summed E-state index contributed by atoms with van der Waals surface area (Å²) in [5, 5.41) is 3.87. The fourth-order valence-corrected chi connectivity index (χ4v) is 2.27. The van der Waals surface area contributed by atoms with E-state index in [1.165, 1.54) is 0 Å². The molecule has 114 valence electrons. The molecule has 1 rings (SSSR count). The molecule has 1 aromatic heterocycles. The number of halogens is 1. The van der Waals surface area contributed by atoms with Gasteiger partial charge in [-0.2, -0.15) is 0 Å². The van der Waals surface area contributed by atoms with E-state index < -0.39 is 0 Å². The van der Waals surface area contributed by atoms with E-state index in [-0.39, 0.29) is 10.8 Å². The highest BCUT2D eigenvalue weighted by molar-refractivity contribution is 6.29. The topological polar surface area (TPSA) is 41.0 Å². The SMILES string of the molecule is CN(C)CC(C)(C)CNc1cc(Cl)nc(C(C)(C)C)n1. The fraction of sp³-hybridized carbons (Fsp3) is 0.733. The summed E-state index contributed by atoms with van der Waals surface area (Å²) in [5.74, 6) is 1.56. The highest BCUT2D eigenvalue weighted by Crippen LogP contribution is 2.23. The molecule has 5 heteroatoms. The van der Waals surface area contributed by atoms with Gasteiger partial charge < -0.3 is 10.2 Å². The van der Waals surface area contributed by atoms with Crippen LogP contribution in [0.4, 0.5) is 5.82 Å². The summed E-state index contributed by atoms with van der Waals surface area (Å²) in [7, 11) is 4.17. The highest BCUT2D eigenvalue weighted by atomic mass is 35.5. The quantitative estimate of drug-likeness (QED) is 0.846. The average molecular weight is 299 g/mol. The maximum Gasteiger partial charge on any atom is 0.137 e. The summed E-state index contributed by atoms with van der Waals surface area (Å²) in [4.78, 5) is 11.1. The molecular weight excluding hydrogens is 272 g/mol. The lowest BCUT2D eigenvalue weighted by molar-refractivity contribution is 0.254. The van der Waals surface area contributed by atoms with Crippen molar-refractivity contribution in [1.29, 1.82) is 0 Å². The molecule has 4 nitrogen and oxygen atoms in total. The summed E-state index contributed by atoms with van der Waals surface area (Å²) < 4.78 is 0. The molecule has 0 aliphatic rings. The zero-order valence-corrected chi connectivity index (χ0v) is 14.5. The van der Waals surface area contributed by atoms with Crippen LogP contribution in [-0.2, 0) is 5.41 Å².